The number of amides is 1. The molecule has 0 spiro atoms. The number of carbonyl (C=O) groups excluding carboxylic acids is 1. The van der Waals surface area contributed by atoms with Crippen LogP contribution in [0.5, 0.6) is 11.5 Å². The molecule has 0 saturated carbocycles. The van der Waals surface area contributed by atoms with Crippen molar-refractivity contribution in [1.82, 2.24) is 15.3 Å². The third-order valence-electron chi connectivity index (χ3n) is 4.74. The first-order valence-electron chi connectivity index (χ1n) is 8.76. The zero-order chi connectivity index (χ0) is 19.0. The van der Waals surface area contributed by atoms with Crippen molar-refractivity contribution >= 4 is 5.91 Å². The van der Waals surface area contributed by atoms with E-state index in [2.05, 4.69) is 15.3 Å². The summed E-state index contributed by atoms with van der Waals surface area (Å²) in [5.41, 5.74) is 3.73. The maximum Gasteiger partial charge on any atom is 0.267 e. The molecule has 0 unspecified atom stereocenters. The highest BCUT2D eigenvalue weighted by Crippen LogP contribution is 2.44. The second kappa shape index (κ2) is 6.46. The van der Waals surface area contributed by atoms with Gasteiger partial charge in [0.05, 0.1) is 19.0 Å². The van der Waals surface area contributed by atoms with Gasteiger partial charge >= 0.3 is 0 Å². The summed E-state index contributed by atoms with van der Waals surface area (Å²) in [5.74, 6) is 1.34. The van der Waals surface area contributed by atoms with E-state index in [0.717, 1.165) is 28.1 Å². The summed E-state index contributed by atoms with van der Waals surface area (Å²) in [5, 5.41) is 2.95. The molecule has 0 saturated heterocycles. The van der Waals surface area contributed by atoms with Gasteiger partial charge in [0.25, 0.3) is 5.91 Å². The Balaban J connectivity index is 1.57. The number of nitrogens with zero attached hydrogens (tertiary/aromatic N) is 1. The summed E-state index contributed by atoms with van der Waals surface area (Å²) in [4.78, 5) is 20.0. The second-order valence-electron chi connectivity index (χ2n) is 6.99. The zero-order valence-corrected chi connectivity index (χ0v) is 15.5. The van der Waals surface area contributed by atoms with E-state index in [0.29, 0.717) is 18.0 Å². The quantitative estimate of drug-likeness (QED) is 0.742. The first-order valence-corrected chi connectivity index (χ1v) is 8.76. The Morgan fingerprint density at radius 1 is 1.26 bits per heavy atom. The van der Waals surface area contributed by atoms with Crippen LogP contribution in [0.2, 0.25) is 0 Å². The average Bonchev–Trinajstić information content (AvgIpc) is 3.13. The highest BCUT2D eigenvalue weighted by molar-refractivity contribution is 5.94. The molecule has 1 amide bonds. The molecule has 0 fully saturated rings. The van der Waals surface area contributed by atoms with E-state index < -0.39 is 5.60 Å². The summed E-state index contributed by atoms with van der Waals surface area (Å²) in [6.07, 6.45) is 3.42. The number of pyridine rings is 1. The summed E-state index contributed by atoms with van der Waals surface area (Å²) >= 11 is 0. The number of aromatic nitrogens is 2. The number of aromatic amines is 1. The number of carbonyl (C=O) groups is 1. The van der Waals surface area contributed by atoms with E-state index in [1.54, 1.807) is 19.5 Å². The molecule has 1 aliphatic rings. The first-order chi connectivity index (χ1) is 13.0. The lowest BCUT2D eigenvalue weighted by Crippen LogP contribution is -2.28. The Bertz CT molecular complexity index is 990. The number of rotatable bonds is 4. The molecular formula is C21H21N3O3. The number of fused-ring (bicyclic) bond motifs is 3. The van der Waals surface area contributed by atoms with Crippen LogP contribution in [0.4, 0.5) is 0 Å². The predicted molar refractivity (Wildman–Crippen MR) is 102 cm³/mol. The van der Waals surface area contributed by atoms with Crippen molar-refractivity contribution in [3.63, 3.8) is 0 Å². The smallest absolute Gasteiger partial charge is 0.267 e. The molecule has 0 bridgehead atoms. The van der Waals surface area contributed by atoms with Crippen molar-refractivity contribution in [2.24, 2.45) is 0 Å². The highest BCUT2D eigenvalue weighted by Gasteiger charge is 2.35. The van der Waals surface area contributed by atoms with Gasteiger partial charge in [-0.1, -0.05) is 12.1 Å². The summed E-state index contributed by atoms with van der Waals surface area (Å²) in [7, 11) is 1.63. The monoisotopic (exact) mass is 363 g/mol. The maximum absolute atomic E-state index is 12.7. The minimum absolute atomic E-state index is 0.161. The van der Waals surface area contributed by atoms with Gasteiger partial charge < -0.3 is 19.8 Å². The second-order valence-corrected chi connectivity index (χ2v) is 6.99. The number of H-pyrrole nitrogens is 1. The van der Waals surface area contributed by atoms with Crippen molar-refractivity contribution in [3.05, 3.63) is 65.6 Å². The van der Waals surface area contributed by atoms with Gasteiger partial charge in [-0.2, -0.15) is 0 Å². The number of hydrogen-bond donors (Lipinski definition) is 2. The Hall–Kier alpha value is -3.28. The fourth-order valence-corrected chi connectivity index (χ4v) is 3.28. The van der Waals surface area contributed by atoms with Gasteiger partial charge in [-0.15, -0.1) is 0 Å². The van der Waals surface area contributed by atoms with E-state index in [9.17, 15) is 4.79 Å². The largest absolute Gasteiger partial charge is 0.497 e. The SMILES string of the molecule is COc1ccc(CNC(=O)c2cc3c([nH]2)-c2ccncc2OC3(C)C)cc1. The molecular weight excluding hydrogens is 342 g/mol. The van der Waals surface area contributed by atoms with Gasteiger partial charge in [0.2, 0.25) is 0 Å². The number of benzene rings is 1. The molecule has 2 N–H and O–H groups in total. The Morgan fingerprint density at radius 3 is 2.78 bits per heavy atom. The van der Waals surface area contributed by atoms with Gasteiger partial charge in [0, 0.05) is 23.9 Å². The van der Waals surface area contributed by atoms with Crippen LogP contribution >= 0.6 is 0 Å². The van der Waals surface area contributed by atoms with Crippen LogP contribution in [-0.2, 0) is 12.1 Å². The van der Waals surface area contributed by atoms with Crippen molar-refractivity contribution in [2.75, 3.05) is 7.11 Å². The standard InChI is InChI=1S/C21H21N3O3/c1-21(2)16-10-17(24-19(16)15-8-9-22-12-18(15)27-21)20(25)23-11-13-4-6-14(26-3)7-5-13/h4-10,12,24H,11H2,1-3H3,(H,23,25). The molecule has 0 radical (unpaired) electrons. The van der Waals surface area contributed by atoms with Gasteiger partial charge in [-0.3, -0.25) is 9.78 Å². The van der Waals surface area contributed by atoms with E-state index in [1.165, 1.54) is 0 Å². The summed E-state index contributed by atoms with van der Waals surface area (Å²) in [6, 6.07) is 11.4. The van der Waals surface area contributed by atoms with Gasteiger partial charge in [-0.05, 0) is 43.7 Å². The molecule has 0 aliphatic carbocycles. The van der Waals surface area contributed by atoms with Crippen LogP contribution in [0, 0.1) is 0 Å². The molecule has 1 aromatic carbocycles. The molecule has 2 aromatic heterocycles. The number of hydrogen-bond acceptors (Lipinski definition) is 4. The Kier molecular flexibility index (Phi) is 4.11. The Morgan fingerprint density at radius 2 is 2.04 bits per heavy atom. The van der Waals surface area contributed by atoms with Crippen LogP contribution in [0.1, 0.15) is 35.5 Å². The lowest BCUT2D eigenvalue weighted by atomic mass is 9.92. The number of ether oxygens (including phenoxy) is 2. The summed E-state index contributed by atoms with van der Waals surface area (Å²) < 4.78 is 11.2. The molecule has 138 valence electrons. The normalized spacial score (nSPS) is 13.9. The predicted octanol–water partition coefficient (Wildman–Crippen LogP) is 3.64. The van der Waals surface area contributed by atoms with E-state index >= 15 is 0 Å². The fourth-order valence-electron chi connectivity index (χ4n) is 3.28. The van der Waals surface area contributed by atoms with E-state index in [1.807, 2.05) is 50.2 Å². The van der Waals surface area contributed by atoms with E-state index in [4.69, 9.17) is 9.47 Å². The van der Waals surface area contributed by atoms with Crippen LogP contribution in [0.25, 0.3) is 11.3 Å². The molecule has 0 atom stereocenters. The van der Waals surface area contributed by atoms with Crippen molar-refractivity contribution in [1.29, 1.82) is 0 Å². The molecule has 6 heteroatoms. The molecule has 27 heavy (non-hydrogen) atoms. The highest BCUT2D eigenvalue weighted by atomic mass is 16.5. The third-order valence-corrected chi connectivity index (χ3v) is 4.74. The molecule has 1 aliphatic heterocycles. The maximum atomic E-state index is 12.7. The van der Waals surface area contributed by atoms with Crippen LogP contribution in [0.3, 0.4) is 0 Å². The lowest BCUT2D eigenvalue weighted by Gasteiger charge is -2.32. The number of methoxy groups -OCH3 is 1. The Labute approximate surface area is 157 Å². The molecule has 4 rings (SSSR count). The van der Waals surface area contributed by atoms with Crippen molar-refractivity contribution in [2.45, 2.75) is 26.0 Å². The van der Waals surface area contributed by atoms with Crippen molar-refractivity contribution in [3.8, 4) is 22.8 Å². The van der Waals surface area contributed by atoms with Crippen LogP contribution in [0.15, 0.2) is 48.8 Å². The van der Waals surface area contributed by atoms with E-state index in [-0.39, 0.29) is 5.91 Å². The molecule has 6 nitrogen and oxygen atoms in total. The zero-order valence-electron chi connectivity index (χ0n) is 15.5. The minimum Gasteiger partial charge on any atom is -0.497 e. The topological polar surface area (TPSA) is 76.2 Å². The van der Waals surface area contributed by atoms with Gasteiger partial charge in [0.15, 0.2) is 0 Å². The van der Waals surface area contributed by atoms with Crippen LogP contribution in [-0.4, -0.2) is 23.0 Å². The minimum atomic E-state index is -0.545. The first kappa shape index (κ1) is 17.1. The molecule has 3 heterocycles. The number of nitrogens with one attached hydrogen (secondary N) is 2. The summed E-state index contributed by atoms with van der Waals surface area (Å²) in [6.45, 7) is 4.40. The van der Waals surface area contributed by atoms with Crippen LogP contribution < -0.4 is 14.8 Å². The molecule has 3 aromatic rings. The third kappa shape index (κ3) is 3.14. The fraction of sp³-hybridized carbons (Fsp3) is 0.238. The van der Waals surface area contributed by atoms with Crippen molar-refractivity contribution < 1.29 is 14.3 Å². The van der Waals surface area contributed by atoms with Gasteiger partial charge in [-0.25, -0.2) is 0 Å². The average molecular weight is 363 g/mol. The van der Waals surface area contributed by atoms with Gasteiger partial charge in [0.1, 0.15) is 22.8 Å². The lowest BCUT2D eigenvalue weighted by molar-refractivity contribution is 0.0946.